The summed E-state index contributed by atoms with van der Waals surface area (Å²) in [4.78, 5) is 14.8. The summed E-state index contributed by atoms with van der Waals surface area (Å²) in [6.45, 7) is 3.31. The first-order valence-electron chi connectivity index (χ1n) is 8.16. The molecule has 1 aromatic heterocycles. The van der Waals surface area contributed by atoms with E-state index in [0.717, 1.165) is 24.4 Å². The van der Waals surface area contributed by atoms with Crippen molar-refractivity contribution in [1.29, 1.82) is 0 Å². The van der Waals surface area contributed by atoms with Gasteiger partial charge in [-0.3, -0.25) is 4.79 Å². The summed E-state index contributed by atoms with van der Waals surface area (Å²) < 4.78 is 5.72. The van der Waals surface area contributed by atoms with Crippen molar-refractivity contribution in [3.63, 3.8) is 0 Å². The Morgan fingerprint density at radius 2 is 2.00 bits per heavy atom. The van der Waals surface area contributed by atoms with Gasteiger partial charge in [-0.1, -0.05) is 0 Å². The molecule has 1 amide bonds. The third-order valence-electron chi connectivity index (χ3n) is 4.83. The number of hydrogen-bond acceptors (Lipinski definition) is 4. The Labute approximate surface area is 135 Å². The largest absolute Gasteiger partial charge is 0.451 e. The fraction of sp³-hybridized carbons (Fsp3) is 0.389. The monoisotopic (exact) mass is 311 g/mol. The Hall–Kier alpha value is -2.27. The van der Waals surface area contributed by atoms with E-state index in [2.05, 4.69) is 10.2 Å². The Morgan fingerprint density at radius 1 is 1.17 bits per heavy atom. The van der Waals surface area contributed by atoms with E-state index in [0.29, 0.717) is 17.2 Å². The van der Waals surface area contributed by atoms with E-state index < -0.39 is 0 Å². The van der Waals surface area contributed by atoms with Crippen molar-refractivity contribution in [3.8, 4) is 11.3 Å². The number of carbonyl (C=O) groups is 1. The molecule has 4 rings (SSSR count). The zero-order valence-electron chi connectivity index (χ0n) is 13.0. The lowest BCUT2D eigenvalue weighted by Gasteiger charge is -2.30. The second-order valence-electron chi connectivity index (χ2n) is 6.61. The molecular formula is C18H21N3O2. The summed E-state index contributed by atoms with van der Waals surface area (Å²) in [7, 11) is 0. The van der Waals surface area contributed by atoms with Gasteiger partial charge in [-0.2, -0.15) is 0 Å². The Morgan fingerprint density at radius 3 is 2.78 bits per heavy atom. The smallest absolute Gasteiger partial charge is 0.287 e. The van der Waals surface area contributed by atoms with Crippen molar-refractivity contribution in [2.75, 3.05) is 25.4 Å². The normalized spacial score (nSPS) is 26.2. The maximum absolute atomic E-state index is 12.4. The van der Waals surface area contributed by atoms with Gasteiger partial charge in [0.05, 0.1) is 0 Å². The van der Waals surface area contributed by atoms with E-state index in [4.69, 9.17) is 10.2 Å². The van der Waals surface area contributed by atoms with Crippen LogP contribution < -0.4 is 11.1 Å². The summed E-state index contributed by atoms with van der Waals surface area (Å²) in [5.41, 5.74) is 7.32. The molecule has 120 valence electrons. The molecule has 0 spiro atoms. The number of nitrogens with two attached hydrogens (primary N) is 1. The summed E-state index contributed by atoms with van der Waals surface area (Å²) >= 11 is 0. The molecule has 1 aromatic carbocycles. The highest BCUT2D eigenvalue weighted by Crippen LogP contribution is 2.27. The van der Waals surface area contributed by atoms with E-state index in [-0.39, 0.29) is 11.9 Å². The van der Waals surface area contributed by atoms with Crippen molar-refractivity contribution in [2.24, 2.45) is 5.92 Å². The van der Waals surface area contributed by atoms with Crippen LogP contribution in [0.5, 0.6) is 0 Å². The van der Waals surface area contributed by atoms with Crippen molar-refractivity contribution in [2.45, 2.75) is 18.9 Å². The molecular weight excluding hydrogens is 290 g/mol. The average Bonchev–Trinajstić information content (AvgIpc) is 3.15. The number of nitrogen functional groups attached to an aromatic ring is 1. The maximum Gasteiger partial charge on any atom is 0.287 e. The van der Waals surface area contributed by atoms with Crippen LogP contribution in [0, 0.1) is 5.92 Å². The fourth-order valence-corrected chi connectivity index (χ4v) is 3.68. The second-order valence-corrected chi connectivity index (χ2v) is 6.61. The lowest BCUT2D eigenvalue weighted by Crippen LogP contribution is -2.46. The highest BCUT2D eigenvalue weighted by atomic mass is 16.3. The minimum atomic E-state index is -0.126. The van der Waals surface area contributed by atoms with Crippen LogP contribution in [-0.4, -0.2) is 36.5 Å². The topological polar surface area (TPSA) is 71.5 Å². The molecule has 5 heteroatoms. The number of furan rings is 1. The number of nitrogens with one attached hydrogen (secondary N) is 1. The predicted octanol–water partition coefficient (Wildman–Crippen LogP) is 2.35. The Kier molecular flexibility index (Phi) is 3.58. The molecule has 3 heterocycles. The lowest BCUT2D eigenvalue weighted by molar-refractivity contribution is 0.0882. The Balaban J connectivity index is 1.44. The zero-order valence-corrected chi connectivity index (χ0v) is 13.0. The van der Waals surface area contributed by atoms with Crippen LogP contribution in [0.15, 0.2) is 40.8 Å². The van der Waals surface area contributed by atoms with Gasteiger partial charge in [0.2, 0.25) is 0 Å². The van der Waals surface area contributed by atoms with Gasteiger partial charge in [-0.15, -0.1) is 0 Å². The minimum absolute atomic E-state index is 0.126. The van der Waals surface area contributed by atoms with Crippen LogP contribution in [0.4, 0.5) is 5.69 Å². The quantitative estimate of drug-likeness (QED) is 0.854. The second kappa shape index (κ2) is 5.74. The molecule has 3 atom stereocenters. The van der Waals surface area contributed by atoms with Crippen molar-refractivity contribution < 1.29 is 9.21 Å². The van der Waals surface area contributed by atoms with Crippen LogP contribution in [0.25, 0.3) is 11.3 Å². The number of fused-ring (bicyclic) bond motifs is 2. The number of rotatable bonds is 3. The van der Waals surface area contributed by atoms with Gasteiger partial charge in [-0.05, 0) is 61.7 Å². The summed E-state index contributed by atoms with van der Waals surface area (Å²) in [5, 5.41) is 3.12. The van der Waals surface area contributed by atoms with Crippen molar-refractivity contribution in [3.05, 3.63) is 42.2 Å². The predicted molar refractivity (Wildman–Crippen MR) is 89.0 cm³/mol. The molecule has 0 saturated carbocycles. The molecule has 2 aliphatic rings. The first-order valence-corrected chi connectivity index (χ1v) is 8.16. The third-order valence-corrected chi connectivity index (χ3v) is 4.83. The van der Waals surface area contributed by atoms with E-state index in [1.165, 1.54) is 19.5 Å². The number of piperidine rings is 1. The van der Waals surface area contributed by atoms with Crippen LogP contribution >= 0.6 is 0 Å². The minimum Gasteiger partial charge on any atom is -0.451 e. The number of nitrogens with zero attached hydrogens (tertiary/aromatic N) is 1. The van der Waals surface area contributed by atoms with Crippen molar-refractivity contribution >= 4 is 11.6 Å². The molecule has 1 unspecified atom stereocenters. The van der Waals surface area contributed by atoms with Gasteiger partial charge >= 0.3 is 0 Å². The van der Waals surface area contributed by atoms with E-state index in [1.54, 1.807) is 6.07 Å². The summed E-state index contributed by atoms with van der Waals surface area (Å²) in [6.07, 6.45) is 2.34. The molecule has 3 N–H and O–H groups in total. The van der Waals surface area contributed by atoms with Gasteiger partial charge < -0.3 is 20.4 Å². The van der Waals surface area contributed by atoms with Gasteiger partial charge in [0.1, 0.15) is 5.76 Å². The average molecular weight is 311 g/mol. The molecule has 5 nitrogen and oxygen atoms in total. The first-order chi connectivity index (χ1) is 11.2. The molecule has 2 bridgehead atoms. The number of benzene rings is 1. The third kappa shape index (κ3) is 2.97. The lowest BCUT2D eigenvalue weighted by atomic mass is 9.97. The maximum atomic E-state index is 12.4. The number of amides is 1. The van der Waals surface area contributed by atoms with Gasteiger partial charge in [-0.25, -0.2) is 0 Å². The molecule has 0 radical (unpaired) electrons. The zero-order chi connectivity index (χ0) is 15.8. The number of hydrogen-bond donors (Lipinski definition) is 2. The fourth-order valence-electron chi connectivity index (χ4n) is 3.68. The molecule has 2 aromatic rings. The van der Waals surface area contributed by atoms with Crippen LogP contribution in [0.1, 0.15) is 23.4 Å². The molecule has 2 fully saturated rings. The SMILES string of the molecule is Nc1ccc(-c2ccc(C(=O)N[C@@H]3C[C@H]4CCN(C4)C3)o2)cc1. The standard InChI is InChI=1S/C18H21N3O2/c19-14-3-1-13(2-4-14)16-5-6-17(23-16)18(22)20-15-9-12-7-8-21(10-12)11-15/h1-6,12,15H,7-11,19H2,(H,20,22)/t12-,15-/m1/s1. The van der Waals surface area contributed by atoms with Gasteiger partial charge in [0.15, 0.2) is 5.76 Å². The summed E-state index contributed by atoms with van der Waals surface area (Å²) in [5.74, 6) is 1.66. The Bertz CT molecular complexity index is 695. The number of carbonyl (C=O) groups excluding carboxylic acids is 1. The molecule has 2 saturated heterocycles. The molecule has 0 aliphatic carbocycles. The van der Waals surface area contributed by atoms with Crippen LogP contribution in [-0.2, 0) is 0 Å². The van der Waals surface area contributed by atoms with E-state index in [9.17, 15) is 4.79 Å². The highest BCUT2D eigenvalue weighted by molar-refractivity contribution is 5.92. The molecule has 23 heavy (non-hydrogen) atoms. The van der Waals surface area contributed by atoms with Crippen LogP contribution in [0.3, 0.4) is 0 Å². The highest BCUT2D eigenvalue weighted by Gasteiger charge is 2.33. The van der Waals surface area contributed by atoms with Crippen LogP contribution in [0.2, 0.25) is 0 Å². The van der Waals surface area contributed by atoms with Crippen molar-refractivity contribution in [1.82, 2.24) is 10.2 Å². The first kappa shape index (κ1) is 14.3. The molecule has 2 aliphatic heterocycles. The van der Waals surface area contributed by atoms with Gasteiger partial charge in [0, 0.05) is 30.4 Å². The summed E-state index contributed by atoms with van der Waals surface area (Å²) in [6, 6.07) is 11.2. The van der Waals surface area contributed by atoms with E-state index in [1.807, 2.05) is 30.3 Å². The number of anilines is 1. The van der Waals surface area contributed by atoms with E-state index >= 15 is 0 Å². The van der Waals surface area contributed by atoms with Gasteiger partial charge in [0.25, 0.3) is 5.91 Å².